The van der Waals surface area contributed by atoms with E-state index in [4.69, 9.17) is 0 Å². The fourth-order valence-corrected chi connectivity index (χ4v) is 7.00. The van der Waals surface area contributed by atoms with E-state index in [0.29, 0.717) is 5.69 Å². The van der Waals surface area contributed by atoms with Crippen molar-refractivity contribution in [1.29, 1.82) is 0 Å². The lowest BCUT2D eigenvalue weighted by molar-refractivity contribution is -0.150. The summed E-state index contributed by atoms with van der Waals surface area (Å²) in [5, 5.41) is 9.22. The molecule has 1 aromatic rings. The summed E-state index contributed by atoms with van der Waals surface area (Å²) >= 11 is 0. The molecule has 0 aliphatic carbocycles. The largest absolute Gasteiger partial charge is 0.401 e. The number of nitrogens with zero attached hydrogens (tertiary/aromatic N) is 3. The molecule has 0 atom stereocenters. The number of benzene rings is 1. The van der Waals surface area contributed by atoms with E-state index >= 15 is 0 Å². The molecule has 2 heterocycles. The number of nitrogens with one attached hydrogen (secondary N) is 1. The number of hydrogen-bond acceptors (Lipinski definition) is 6. The van der Waals surface area contributed by atoms with E-state index < -0.39 is 64.7 Å². The average Bonchev–Trinajstić information content (AvgIpc) is 2.83. The normalized spacial score (nSPS) is 18.9. The van der Waals surface area contributed by atoms with Crippen LogP contribution in [0.1, 0.15) is 31.2 Å². The first kappa shape index (κ1) is 36.4. The number of likely N-dealkylation sites (tertiary alicyclic amines) is 1. The van der Waals surface area contributed by atoms with Crippen LogP contribution in [0.2, 0.25) is 0 Å². The van der Waals surface area contributed by atoms with Gasteiger partial charge >= 0.3 is 12.4 Å². The molecule has 2 aliphatic rings. The van der Waals surface area contributed by atoms with Crippen LogP contribution in [0.25, 0.3) is 0 Å². The summed E-state index contributed by atoms with van der Waals surface area (Å²) in [6.45, 7) is -1.90. The molecule has 2 saturated heterocycles. The van der Waals surface area contributed by atoms with Crippen LogP contribution in [-0.2, 0) is 21.2 Å². The van der Waals surface area contributed by atoms with Crippen molar-refractivity contribution in [2.24, 2.45) is 0 Å². The number of carbonyl (C=O) groups excluding carboxylic acids is 1. The zero-order valence-electron chi connectivity index (χ0n) is 21.1. The van der Waals surface area contributed by atoms with Crippen LogP contribution in [0, 0.1) is 5.82 Å². The highest BCUT2D eigenvalue weighted by molar-refractivity contribution is 7.91. The van der Waals surface area contributed by atoms with E-state index in [9.17, 15) is 49.2 Å². The van der Waals surface area contributed by atoms with Gasteiger partial charge in [0.05, 0.1) is 6.54 Å². The summed E-state index contributed by atoms with van der Waals surface area (Å²) in [4.78, 5) is 15.2. The summed E-state index contributed by atoms with van der Waals surface area (Å²) in [6.07, 6.45) is -11.1. The number of piperidine rings is 1. The molecular formula is C22H31Cl2F7N4O4S. The number of hydrogen-bond donors (Lipinski definition) is 2. The van der Waals surface area contributed by atoms with E-state index in [0.717, 1.165) is 9.21 Å². The van der Waals surface area contributed by atoms with E-state index in [2.05, 4.69) is 0 Å². The number of hydroxylamine groups is 1. The highest BCUT2D eigenvalue weighted by atomic mass is 35.5. The van der Waals surface area contributed by atoms with Gasteiger partial charge in [-0.3, -0.25) is 14.9 Å². The Labute approximate surface area is 239 Å². The topological polar surface area (TPSA) is 93.2 Å². The molecule has 0 aromatic heterocycles. The zero-order valence-corrected chi connectivity index (χ0v) is 23.6. The van der Waals surface area contributed by atoms with Crippen LogP contribution in [0.4, 0.5) is 36.4 Å². The number of piperazine rings is 1. The monoisotopic (exact) mass is 650 g/mol. The van der Waals surface area contributed by atoms with E-state index in [1.807, 2.05) is 0 Å². The molecule has 1 aromatic carbocycles. The number of sulfonamides is 1. The Bertz CT molecular complexity index is 1090. The molecule has 2 aliphatic heterocycles. The molecule has 232 valence electrons. The number of alkyl halides is 6. The van der Waals surface area contributed by atoms with E-state index in [1.165, 1.54) is 23.7 Å². The van der Waals surface area contributed by atoms with Crippen molar-refractivity contribution >= 4 is 46.4 Å². The molecule has 0 spiro atoms. The van der Waals surface area contributed by atoms with Crippen molar-refractivity contribution in [1.82, 2.24) is 14.7 Å². The van der Waals surface area contributed by atoms with Crippen molar-refractivity contribution in [2.45, 2.75) is 49.2 Å². The quantitative estimate of drug-likeness (QED) is 0.252. The number of halogens is 9. The molecular weight excluding hydrogens is 620 g/mol. The van der Waals surface area contributed by atoms with Crippen molar-refractivity contribution in [3.63, 3.8) is 0 Å². The smallest absolute Gasteiger partial charge is 0.369 e. The minimum absolute atomic E-state index is 0. The van der Waals surface area contributed by atoms with Crippen LogP contribution in [-0.4, -0.2) is 91.7 Å². The average molecular weight is 651 g/mol. The van der Waals surface area contributed by atoms with Gasteiger partial charge < -0.3 is 4.90 Å². The highest BCUT2D eigenvalue weighted by Crippen LogP contribution is 2.35. The lowest BCUT2D eigenvalue weighted by Crippen LogP contribution is -2.64. The fourth-order valence-electron chi connectivity index (χ4n) is 4.88. The van der Waals surface area contributed by atoms with Crippen molar-refractivity contribution in [2.75, 3.05) is 50.7 Å². The summed E-state index contributed by atoms with van der Waals surface area (Å²) in [6, 6.07) is 4.09. The fraction of sp³-hybridized carbons (Fsp3) is 0.682. The molecule has 8 nitrogen and oxygen atoms in total. The van der Waals surface area contributed by atoms with Gasteiger partial charge in [0, 0.05) is 51.4 Å². The van der Waals surface area contributed by atoms with Gasteiger partial charge in [-0.05, 0) is 43.4 Å². The van der Waals surface area contributed by atoms with E-state index in [-0.39, 0.29) is 82.5 Å². The second-order valence-electron chi connectivity index (χ2n) is 9.46. The Kier molecular flexibility index (Phi) is 12.8. The van der Waals surface area contributed by atoms with E-state index in [1.54, 1.807) is 4.90 Å². The Hall–Kier alpha value is -1.59. The van der Waals surface area contributed by atoms with Gasteiger partial charge in [-0.1, -0.05) is 6.07 Å². The van der Waals surface area contributed by atoms with Gasteiger partial charge in [0.1, 0.15) is 5.82 Å². The highest BCUT2D eigenvalue weighted by Gasteiger charge is 2.55. The first-order valence-corrected chi connectivity index (χ1v) is 13.4. The third-order valence-corrected chi connectivity index (χ3v) is 9.59. The van der Waals surface area contributed by atoms with Crippen LogP contribution >= 0.6 is 24.8 Å². The summed E-state index contributed by atoms with van der Waals surface area (Å²) in [7, 11) is -4.41. The molecule has 18 heteroatoms. The molecule has 1 amide bonds. The van der Waals surface area contributed by atoms with Gasteiger partial charge in [0.25, 0.3) is 5.91 Å². The van der Waals surface area contributed by atoms with Crippen molar-refractivity contribution in [3.05, 3.63) is 29.6 Å². The lowest BCUT2D eigenvalue weighted by Gasteiger charge is -2.44. The van der Waals surface area contributed by atoms with Crippen LogP contribution < -0.4 is 10.4 Å². The molecule has 0 unspecified atom stereocenters. The number of anilines is 1. The lowest BCUT2D eigenvalue weighted by atomic mass is 9.95. The van der Waals surface area contributed by atoms with Crippen molar-refractivity contribution in [3.8, 4) is 0 Å². The molecule has 3 rings (SSSR count). The molecule has 2 N–H and O–H groups in total. The van der Waals surface area contributed by atoms with Gasteiger partial charge in [-0.15, -0.1) is 24.8 Å². The number of aryl methyl sites for hydroxylation is 1. The second kappa shape index (κ2) is 14.1. The molecule has 0 radical (unpaired) electrons. The van der Waals surface area contributed by atoms with Crippen molar-refractivity contribution < 1.29 is 49.2 Å². The maximum Gasteiger partial charge on any atom is 0.401 e. The Morgan fingerprint density at radius 2 is 1.52 bits per heavy atom. The standard InChI is InChI=1S/C22H29F7N4O4S.2ClH/c23-18-14-17(4-3-16(18)2-1-5-21(24,25)26)32-10-12-33(13-11-32)38(36,37)20(19(34)30-35)6-8-31(9-7-20)15-22(27,28)29;;/h3-4,14,35H,1-2,5-13,15H2,(H,30,34);2*1H. The van der Waals surface area contributed by atoms with Crippen LogP contribution in [0.3, 0.4) is 0 Å². The minimum Gasteiger partial charge on any atom is -0.369 e. The maximum atomic E-state index is 14.5. The third kappa shape index (κ3) is 8.71. The van der Waals surface area contributed by atoms with Crippen LogP contribution in [0.5, 0.6) is 0 Å². The first-order chi connectivity index (χ1) is 17.6. The number of carbonyl (C=O) groups is 1. The Morgan fingerprint density at radius 1 is 0.950 bits per heavy atom. The Balaban J connectivity index is 0.00000400. The number of amides is 1. The van der Waals surface area contributed by atoms with Crippen LogP contribution in [0.15, 0.2) is 18.2 Å². The predicted molar refractivity (Wildman–Crippen MR) is 137 cm³/mol. The predicted octanol–water partition coefficient (Wildman–Crippen LogP) is 3.91. The molecule has 40 heavy (non-hydrogen) atoms. The van der Waals surface area contributed by atoms with Gasteiger partial charge in [0.15, 0.2) is 4.75 Å². The van der Waals surface area contributed by atoms with Gasteiger partial charge in [-0.25, -0.2) is 18.3 Å². The summed E-state index contributed by atoms with van der Waals surface area (Å²) in [5.74, 6) is -1.89. The summed E-state index contributed by atoms with van der Waals surface area (Å²) in [5.41, 5.74) is 1.89. The van der Waals surface area contributed by atoms with Gasteiger partial charge in [-0.2, -0.15) is 30.6 Å². The summed E-state index contributed by atoms with van der Waals surface area (Å²) < 4.78 is 116. The first-order valence-electron chi connectivity index (χ1n) is 11.9. The molecule has 0 bridgehead atoms. The number of rotatable bonds is 8. The Morgan fingerprint density at radius 3 is 2.00 bits per heavy atom. The molecule has 0 saturated carbocycles. The van der Waals surface area contributed by atoms with Gasteiger partial charge in [0.2, 0.25) is 10.0 Å². The third-order valence-electron chi connectivity index (χ3n) is 6.96. The molecule has 2 fully saturated rings. The second-order valence-corrected chi connectivity index (χ2v) is 11.7. The maximum absolute atomic E-state index is 14.5. The SMILES string of the molecule is Cl.Cl.O=C(NO)C1(S(=O)(=O)N2CCN(c3ccc(CCCC(F)(F)F)c(F)c3)CC2)CCN(CC(F)(F)F)CC1. The minimum atomic E-state index is -4.49. The zero-order chi connectivity index (χ0) is 28.4.